The summed E-state index contributed by atoms with van der Waals surface area (Å²) in [6.07, 6.45) is 0. The van der Waals surface area contributed by atoms with Crippen molar-refractivity contribution in [2.45, 2.75) is 24.8 Å². The van der Waals surface area contributed by atoms with Crippen molar-refractivity contribution in [2.24, 2.45) is 0 Å². The van der Waals surface area contributed by atoms with Gasteiger partial charge >= 0.3 is 0 Å². The van der Waals surface area contributed by atoms with E-state index in [1.54, 1.807) is 24.3 Å². The van der Waals surface area contributed by atoms with Gasteiger partial charge in [-0.25, -0.2) is 8.42 Å². The van der Waals surface area contributed by atoms with Crippen molar-refractivity contribution in [3.8, 4) is 0 Å². The molecule has 5 nitrogen and oxygen atoms in total. The Bertz CT molecular complexity index is 1110. The molecule has 7 heteroatoms. The van der Waals surface area contributed by atoms with Gasteiger partial charge in [-0.2, -0.15) is 0 Å². The summed E-state index contributed by atoms with van der Waals surface area (Å²) in [5.41, 5.74) is 2.58. The molecule has 0 aromatic heterocycles. The average molecular weight is 429 g/mol. The van der Waals surface area contributed by atoms with Crippen molar-refractivity contribution < 1.29 is 13.2 Å². The first-order valence-corrected chi connectivity index (χ1v) is 10.9. The second kappa shape index (κ2) is 8.68. The minimum atomic E-state index is -3.96. The fourth-order valence-corrected chi connectivity index (χ4v) is 4.37. The Kier molecular flexibility index (Phi) is 6.25. The molecule has 0 aliphatic rings. The van der Waals surface area contributed by atoms with Crippen molar-refractivity contribution in [1.29, 1.82) is 0 Å². The number of sulfonamides is 1. The Hall–Kier alpha value is -2.83. The van der Waals surface area contributed by atoms with E-state index < -0.39 is 10.0 Å². The maximum absolute atomic E-state index is 12.8. The standard InChI is InChI=1S/C22H21ClN2O3S/c1-15-8-11-19(12-9-15)25-29(27,28)21-14-18(10-13-20(21)23)22(26)24-16(2)17-6-4-3-5-7-17/h3-14,16,25H,1-2H3,(H,24,26)/t16-/m1/s1. The molecule has 0 fully saturated rings. The summed E-state index contributed by atoms with van der Waals surface area (Å²) in [4.78, 5) is 12.5. The lowest BCUT2D eigenvalue weighted by Gasteiger charge is -2.15. The predicted octanol–water partition coefficient (Wildman–Crippen LogP) is 4.94. The lowest BCUT2D eigenvalue weighted by atomic mass is 10.1. The molecule has 0 aliphatic carbocycles. The van der Waals surface area contributed by atoms with Crippen molar-refractivity contribution >= 4 is 33.2 Å². The molecule has 2 N–H and O–H groups in total. The van der Waals surface area contributed by atoms with E-state index in [-0.39, 0.29) is 27.4 Å². The Morgan fingerprint density at radius 1 is 0.966 bits per heavy atom. The number of halogens is 1. The molecule has 0 saturated heterocycles. The van der Waals surface area contributed by atoms with Gasteiger partial charge in [0.1, 0.15) is 4.90 Å². The van der Waals surface area contributed by atoms with Crippen molar-refractivity contribution in [3.63, 3.8) is 0 Å². The number of aryl methyl sites for hydroxylation is 1. The summed E-state index contributed by atoms with van der Waals surface area (Å²) >= 11 is 6.13. The molecule has 0 unspecified atom stereocenters. The van der Waals surface area contributed by atoms with Gasteiger partial charge in [-0.15, -0.1) is 0 Å². The number of carbonyl (C=O) groups is 1. The molecule has 150 valence electrons. The lowest BCUT2D eigenvalue weighted by molar-refractivity contribution is 0.0939. The fourth-order valence-electron chi connectivity index (χ4n) is 2.79. The maximum atomic E-state index is 12.8. The summed E-state index contributed by atoms with van der Waals surface area (Å²) in [5.74, 6) is -0.384. The van der Waals surface area contributed by atoms with E-state index in [0.717, 1.165) is 11.1 Å². The lowest BCUT2D eigenvalue weighted by Crippen LogP contribution is -2.27. The van der Waals surface area contributed by atoms with Gasteiger partial charge in [-0.3, -0.25) is 9.52 Å². The Labute approximate surface area is 175 Å². The van der Waals surface area contributed by atoms with E-state index in [9.17, 15) is 13.2 Å². The molecule has 0 bridgehead atoms. The zero-order valence-corrected chi connectivity index (χ0v) is 17.6. The number of hydrogen-bond donors (Lipinski definition) is 2. The third kappa shape index (κ3) is 5.16. The molecule has 3 aromatic carbocycles. The van der Waals surface area contributed by atoms with Crippen LogP contribution in [-0.2, 0) is 10.0 Å². The largest absolute Gasteiger partial charge is 0.346 e. The fraction of sp³-hybridized carbons (Fsp3) is 0.136. The number of nitrogens with one attached hydrogen (secondary N) is 2. The van der Waals surface area contributed by atoms with Crippen LogP contribution in [0.25, 0.3) is 0 Å². The molecule has 0 spiro atoms. The minimum absolute atomic E-state index is 0.0391. The third-order valence-corrected chi connectivity index (χ3v) is 6.30. The van der Waals surface area contributed by atoms with Crippen LogP contribution in [0.1, 0.15) is 34.5 Å². The highest BCUT2D eigenvalue weighted by atomic mass is 35.5. The van der Waals surface area contributed by atoms with Gasteiger partial charge in [0.25, 0.3) is 15.9 Å². The molecule has 29 heavy (non-hydrogen) atoms. The predicted molar refractivity (Wildman–Crippen MR) is 116 cm³/mol. The topological polar surface area (TPSA) is 75.3 Å². The average Bonchev–Trinajstić information content (AvgIpc) is 2.70. The van der Waals surface area contributed by atoms with Gasteiger partial charge in [0.2, 0.25) is 0 Å². The minimum Gasteiger partial charge on any atom is -0.346 e. The first-order chi connectivity index (χ1) is 13.8. The van der Waals surface area contributed by atoms with Crippen molar-refractivity contribution in [1.82, 2.24) is 5.32 Å². The highest BCUT2D eigenvalue weighted by Crippen LogP contribution is 2.25. The number of hydrogen-bond acceptors (Lipinski definition) is 3. The van der Waals surface area contributed by atoms with Crippen LogP contribution in [0, 0.1) is 6.92 Å². The zero-order chi connectivity index (χ0) is 21.0. The van der Waals surface area contributed by atoms with Crippen LogP contribution in [0.2, 0.25) is 5.02 Å². The van der Waals surface area contributed by atoms with Crippen LogP contribution in [0.3, 0.4) is 0 Å². The van der Waals surface area contributed by atoms with Crippen molar-refractivity contribution in [2.75, 3.05) is 4.72 Å². The monoisotopic (exact) mass is 428 g/mol. The van der Waals surface area contributed by atoms with E-state index >= 15 is 0 Å². The normalized spacial score (nSPS) is 12.2. The van der Waals surface area contributed by atoms with Crippen LogP contribution in [-0.4, -0.2) is 14.3 Å². The number of rotatable bonds is 6. The SMILES string of the molecule is Cc1ccc(NS(=O)(=O)c2cc(C(=O)N[C@H](C)c3ccccc3)ccc2Cl)cc1. The van der Waals surface area contributed by atoms with Gasteiger partial charge in [0, 0.05) is 11.3 Å². The first-order valence-electron chi connectivity index (χ1n) is 9.01. The Balaban J connectivity index is 1.83. The summed E-state index contributed by atoms with van der Waals surface area (Å²) in [7, 11) is -3.96. The number of amides is 1. The summed E-state index contributed by atoms with van der Waals surface area (Å²) in [6.45, 7) is 3.77. The molecule has 3 aromatic rings. The highest BCUT2D eigenvalue weighted by molar-refractivity contribution is 7.92. The second-order valence-corrected chi connectivity index (χ2v) is 8.78. The van der Waals surface area contributed by atoms with E-state index in [1.165, 1.54) is 18.2 Å². The molecular weight excluding hydrogens is 408 g/mol. The van der Waals surface area contributed by atoms with E-state index in [1.807, 2.05) is 44.2 Å². The van der Waals surface area contributed by atoms with Crippen LogP contribution in [0.5, 0.6) is 0 Å². The van der Waals surface area contributed by atoms with Crippen LogP contribution < -0.4 is 10.0 Å². The van der Waals surface area contributed by atoms with E-state index in [0.29, 0.717) is 5.69 Å². The van der Waals surface area contributed by atoms with Crippen LogP contribution >= 0.6 is 11.6 Å². The summed E-state index contributed by atoms with van der Waals surface area (Å²) in [5, 5.41) is 2.91. The van der Waals surface area contributed by atoms with E-state index in [2.05, 4.69) is 10.0 Å². The quantitative estimate of drug-likeness (QED) is 0.583. The molecule has 0 radical (unpaired) electrons. The van der Waals surface area contributed by atoms with E-state index in [4.69, 9.17) is 11.6 Å². The van der Waals surface area contributed by atoms with Gasteiger partial charge in [0.05, 0.1) is 11.1 Å². The van der Waals surface area contributed by atoms with Gasteiger partial charge in [-0.1, -0.05) is 59.6 Å². The Morgan fingerprint density at radius 3 is 2.28 bits per heavy atom. The van der Waals surface area contributed by atoms with Gasteiger partial charge in [-0.05, 0) is 49.7 Å². The molecule has 0 aliphatic heterocycles. The number of anilines is 1. The van der Waals surface area contributed by atoms with Gasteiger partial charge < -0.3 is 5.32 Å². The van der Waals surface area contributed by atoms with Crippen molar-refractivity contribution in [3.05, 3.63) is 94.5 Å². The first kappa shape index (κ1) is 20.9. The summed E-state index contributed by atoms with van der Waals surface area (Å²) in [6, 6.07) is 20.4. The zero-order valence-electron chi connectivity index (χ0n) is 16.0. The smallest absolute Gasteiger partial charge is 0.263 e. The molecule has 1 atom stereocenters. The van der Waals surface area contributed by atoms with Gasteiger partial charge in [0.15, 0.2) is 0 Å². The molecule has 3 rings (SSSR count). The third-order valence-electron chi connectivity index (χ3n) is 4.43. The molecule has 1 amide bonds. The Morgan fingerprint density at radius 2 is 1.62 bits per heavy atom. The summed E-state index contributed by atoms with van der Waals surface area (Å²) < 4.78 is 28.1. The number of carbonyl (C=O) groups excluding carboxylic acids is 1. The molecule has 0 saturated carbocycles. The highest BCUT2D eigenvalue weighted by Gasteiger charge is 2.21. The maximum Gasteiger partial charge on any atom is 0.263 e. The number of benzene rings is 3. The molecular formula is C22H21ClN2O3S. The molecule has 0 heterocycles. The van der Waals surface area contributed by atoms with Crippen LogP contribution in [0.15, 0.2) is 77.7 Å². The van der Waals surface area contributed by atoms with Crippen LogP contribution in [0.4, 0.5) is 5.69 Å². The second-order valence-electron chi connectivity index (χ2n) is 6.72.